The van der Waals surface area contributed by atoms with E-state index in [0.29, 0.717) is 0 Å². The van der Waals surface area contributed by atoms with Gasteiger partial charge in [0, 0.05) is 13.0 Å². The Morgan fingerprint density at radius 3 is 2.50 bits per heavy atom. The van der Waals surface area contributed by atoms with Gasteiger partial charge in [0.15, 0.2) is 5.96 Å². The van der Waals surface area contributed by atoms with Crippen LogP contribution in [-0.2, 0) is 14.3 Å². The summed E-state index contributed by atoms with van der Waals surface area (Å²) in [5.74, 6) is -2.18. The van der Waals surface area contributed by atoms with Gasteiger partial charge in [-0.3, -0.25) is 0 Å². The molecule has 0 saturated carbocycles. The molecule has 0 fully saturated rings. The second-order valence-corrected chi connectivity index (χ2v) is 4.87. The van der Waals surface area contributed by atoms with Crippen molar-refractivity contribution in [3.8, 4) is 6.26 Å². The second kappa shape index (κ2) is 10.3. The molecule has 0 saturated heterocycles. The zero-order chi connectivity index (χ0) is 18.9. The van der Waals surface area contributed by atoms with E-state index in [1.54, 1.807) is 6.92 Å². The Labute approximate surface area is 138 Å². The van der Waals surface area contributed by atoms with Crippen LogP contribution >= 0.6 is 0 Å². The molecule has 0 amide bonds. The summed E-state index contributed by atoms with van der Waals surface area (Å²) in [5.41, 5.74) is 10.7. The number of nitrogens with two attached hydrogens (primary N) is 2. The van der Waals surface area contributed by atoms with Crippen molar-refractivity contribution in [2.75, 3.05) is 13.7 Å². The molecule has 0 radical (unpaired) electrons. The number of carbonyl (C=O) groups is 1. The second-order valence-electron chi connectivity index (χ2n) is 4.87. The number of ether oxygens (including phenoxy) is 2. The largest absolute Gasteiger partial charge is 0.480 e. The molecule has 5 atom stereocenters. The highest BCUT2D eigenvalue weighted by Crippen LogP contribution is 2.30. The number of nitriles is 1. The molecule has 1 rings (SSSR count). The number of guanidine groups is 1. The van der Waals surface area contributed by atoms with E-state index in [1.807, 2.05) is 0 Å². The Balaban J connectivity index is 0.00000163. The van der Waals surface area contributed by atoms with E-state index in [9.17, 15) is 9.90 Å². The molecule has 0 aliphatic carbocycles. The number of carboxylic acids is 1. The van der Waals surface area contributed by atoms with E-state index in [2.05, 4.69) is 4.99 Å². The van der Waals surface area contributed by atoms with Crippen LogP contribution < -0.4 is 11.5 Å². The van der Waals surface area contributed by atoms with Crippen molar-refractivity contribution >= 4 is 11.9 Å². The van der Waals surface area contributed by atoms with E-state index in [1.165, 1.54) is 13.2 Å². The molecule has 0 aromatic heterocycles. The Morgan fingerprint density at radius 2 is 2.12 bits per heavy atom. The molecular weight excluding hydrogens is 324 g/mol. The number of aliphatic imine (C=N–C) groups is 1. The third-order valence-corrected chi connectivity index (χ3v) is 3.31. The Hall–Kier alpha value is -2.55. The fraction of sp³-hybridized carbons (Fsp3) is 0.615. The first-order chi connectivity index (χ1) is 11.2. The fourth-order valence-corrected chi connectivity index (χ4v) is 2.22. The first-order valence-electron chi connectivity index (χ1n) is 6.78. The van der Waals surface area contributed by atoms with Crippen LogP contribution in [0.25, 0.3) is 0 Å². The third-order valence-electron chi connectivity index (χ3n) is 3.31. The highest BCUT2D eigenvalue weighted by Gasteiger charge is 2.41. The average molecular weight is 346 g/mol. The van der Waals surface area contributed by atoms with Crippen molar-refractivity contribution < 1.29 is 34.7 Å². The zero-order valence-corrected chi connectivity index (χ0v) is 13.2. The topological polar surface area (TPSA) is 205 Å². The van der Waals surface area contributed by atoms with Gasteiger partial charge in [-0.05, 0) is 6.08 Å². The van der Waals surface area contributed by atoms with E-state index in [-0.39, 0.29) is 17.6 Å². The van der Waals surface area contributed by atoms with Crippen molar-refractivity contribution in [1.82, 2.24) is 0 Å². The average Bonchev–Trinajstić information content (AvgIpc) is 2.51. The number of hydrogen-bond acceptors (Lipinski definition) is 8. The van der Waals surface area contributed by atoms with Gasteiger partial charge in [-0.25, -0.2) is 9.79 Å². The molecule has 8 N–H and O–H groups in total. The number of rotatable bonds is 6. The lowest BCUT2D eigenvalue weighted by molar-refractivity contribution is -0.150. The van der Waals surface area contributed by atoms with E-state index < -0.39 is 36.9 Å². The van der Waals surface area contributed by atoms with Crippen molar-refractivity contribution in [2.24, 2.45) is 22.4 Å². The Morgan fingerprint density at radius 1 is 1.58 bits per heavy atom. The molecule has 1 aliphatic rings. The normalized spacial score (nSPS) is 24.8. The third kappa shape index (κ3) is 5.92. The summed E-state index contributed by atoms with van der Waals surface area (Å²) in [6, 6.07) is -0.636. The monoisotopic (exact) mass is 346 g/mol. The predicted octanol–water partition coefficient (Wildman–Crippen LogP) is -2.16. The van der Waals surface area contributed by atoms with Crippen LogP contribution in [0.15, 0.2) is 16.8 Å². The summed E-state index contributed by atoms with van der Waals surface area (Å²) in [6.45, 7) is 1.18. The Kier molecular flexibility index (Phi) is 9.18. The number of aliphatic hydroxyl groups is 3. The van der Waals surface area contributed by atoms with Crippen molar-refractivity contribution in [3.63, 3.8) is 0 Å². The molecule has 0 spiro atoms. The maximum Gasteiger partial charge on any atom is 0.370 e. The van der Waals surface area contributed by atoms with Gasteiger partial charge in [-0.1, -0.05) is 6.92 Å². The van der Waals surface area contributed by atoms with Crippen LogP contribution in [0.1, 0.15) is 6.92 Å². The van der Waals surface area contributed by atoms with Crippen molar-refractivity contribution in [3.05, 3.63) is 11.8 Å². The summed E-state index contributed by atoms with van der Waals surface area (Å²) >= 11 is 0. The highest BCUT2D eigenvalue weighted by atomic mass is 16.6. The van der Waals surface area contributed by atoms with Crippen molar-refractivity contribution in [1.29, 1.82) is 5.26 Å². The molecule has 24 heavy (non-hydrogen) atoms. The van der Waals surface area contributed by atoms with Gasteiger partial charge in [0.1, 0.15) is 18.3 Å². The number of methoxy groups -OCH3 is 1. The zero-order valence-electron chi connectivity index (χ0n) is 13.2. The fourth-order valence-electron chi connectivity index (χ4n) is 2.22. The minimum atomic E-state index is -1.28. The summed E-state index contributed by atoms with van der Waals surface area (Å²) in [6.07, 6.45) is -0.942. The minimum absolute atomic E-state index is 0.190. The molecule has 0 aromatic carbocycles. The first-order valence-corrected chi connectivity index (χ1v) is 6.78. The lowest BCUT2D eigenvalue weighted by Gasteiger charge is -2.38. The number of aliphatic hydroxyl groups excluding tert-OH is 3. The van der Waals surface area contributed by atoms with Crippen LogP contribution in [0.2, 0.25) is 0 Å². The van der Waals surface area contributed by atoms with Gasteiger partial charge < -0.3 is 41.4 Å². The van der Waals surface area contributed by atoms with Crippen LogP contribution in [0, 0.1) is 17.4 Å². The van der Waals surface area contributed by atoms with Crippen molar-refractivity contribution in [2.45, 2.75) is 31.3 Å². The maximum atomic E-state index is 11.1. The Bertz CT molecular complexity index is 513. The van der Waals surface area contributed by atoms with Gasteiger partial charge in [0.05, 0.1) is 12.6 Å². The van der Waals surface area contributed by atoms with Crippen LogP contribution in [0.5, 0.6) is 0 Å². The lowest BCUT2D eigenvalue weighted by atomic mass is 9.87. The summed E-state index contributed by atoms with van der Waals surface area (Å²) in [5, 5.41) is 41.7. The number of hydrogen-bond donors (Lipinski definition) is 6. The summed E-state index contributed by atoms with van der Waals surface area (Å²) < 4.78 is 10.5. The number of nitrogens with zero attached hydrogens (tertiary/aromatic N) is 2. The molecule has 0 unspecified atom stereocenters. The van der Waals surface area contributed by atoms with Gasteiger partial charge in [-0.2, -0.15) is 5.26 Å². The quantitative estimate of drug-likeness (QED) is 0.174. The first kappa shape index (κ1) is 21.4. The summed E-state index contributed by atoms with van der Waals surface area (Å²) in [7, 11) is 1.33. The lowest BCUT2D eigenvalue weighted by Crippen LogP contribution is -2.50. The predicted molar refractivity (Wildman–Crippen MR) is 80.8 cm³/mol. The van der Waals surface area contributed by atoms with Crippen LogP contribution in [0.3, 0.4) is 0 Å². The smallest absolute Gasteiger partial charge is 0.370 e. The molecule has 11 nitrogen and oxygen atoms in total. The SMILES string of the molecule is CO[C@@H]([C@@H]1OC(C(=O)O)=C[C@H](N=C(N)N)[C@H]1C)[C@H](O)CO.N#CO. The summed E-state index contributed by atoms with van der Waals surface area (Å²) in [4.78, 5) is 15.1. The van der Waals surface area contributed by atoms with Gasteiger partial charge in [-0.15, -0.1) is 0 Å². The van der Waals surface area contributed by atoms with Gasteiger partial charge in [0.2, 0.25) is 5.76 Å². The molecule has 136 valence electrons. The van der Waals surface area contributed by atoms with Crippen LogP contribution in [0.4, 0.5) is 0 Å². The van der Waals surface area contributed by atoms with E-state index >= 15 is 0 Å². The number of carboxylic acid groups (broad SMARTS) is 1. The molecule has 11 heteroatoms. The highest BCUT2D eigenvalue weighted by molar-refractivity contribution is 5.85. The van der Waals surface area contributed by atoms with Gasteiger partial charge >= 0.3 is 5.97 Å². The standard InChI is InChI=1S/C12H21N3O6.CHNO/c1-5-6(15-12(13)14)3-8(11(18)19)21-9(5)10(20-2)7(17)4-16;2-1-3/h3,5-7,9-10,16-17H,4H2,1-2H3,(H,18,19)(H4,13,14,15);3H/t5-,6+,7-,9-,10-;/m1./s1. The molecule has 1 aliphatic heterocycles. The molecule has 0 aromatic rings. The molecular formula is C13H22N4O7. The minimum Gasteiger partial charge on any atom is -0.480 e. The van der Waals surface area contributed by atoms with E-state index in [4.69, 9.17) is 41.5 Å². The van der Waals surface area contributed by atoms with Crippen LogP contribution in [-0.4, -0.2) is 70.4 Å². The molecule has 0 bridgehead atoms. The van der Waals surface area contributed by atoms with Gasteiger partial charge in [0.25, 0.3) is 6.26 Å². The maximum absolute atomic E-state index is 11.1. The van der Waals surface area contributed by atoms with E-state index in [0.717, 1.165) is 6.26 Å². The number of aliphatic carboxylic acids is 1. The molecule has 1 heterocycles.